The average molecular weight is 672 g/mol. The van der Waals surface area contributed by atoms with E-state index in [1.165, 1.54) is 21.3 Å². The number of carbonyl (C=O) groups excluding carboxylic acids is 2. The maximum absolute atomic E-state index is 13.2. The molecule has 244 valence electrons. The molecule has 2 saturated heterocycles. The second kappa shape index (κ2) is 12.1. The van der Waals surface area contributed by atoms with E-state index in [9.17, 15) is 44.1 Å². The van der Waals surface area contributed by atoms with Crippen LogP contribution in [-0.2, 0) is 37.7 Å². The lowest BCUT2D eigenvalue weighted by Crippen LogP contribution is -2.50. The van der Waals surface area contributed by atoms with Crippen LogP contribution in [0.2, 0.25) is 0 Å². The van der Waals surface area contributed by atoms with Crippen molar-refractivity contribution in [3.8, 4) is 0 Å². The molecule has 2 aromatic rings. The second-order valence-corrected chi connectivity index (χ2v) is 14.8. The largest absolute Gasteiger partial charge is 0.416 e. The van der Waals surface area contributed by atoms with Crippen LogP contribution in [0.5, 0.6) is 0 Å². The van der Waals surface area contributed by atoms with Gasteiger partial charge in [0, 0.05) is 50.4 Å². The highest BCUT2D eigenvalue weighted by Crippen LogP contribution is 2.34. The Bertz CT molecular complexity index is 1750. The summed E-state index contributed by atoms with van der Waals surface area (Å²) in [5.41, 5.74) is -0.191. The van der Waals surface area contributed by atoms with Crippen LogP contribution in [-0.4, -0.2) is 103 Å². The van der Waals surface area contributed by atoms with Gasteiger partial charge in [-0.05, 0) is 61.6 Å². The monoisotopic (exact) mass is 671 g/mol. The number of amides is 2. The lowest BCUT2D eigenvalue weighted by atomic mass is 9.89. The van der Waals surface area contributed by atoms with E-state index in [1.807, 2.05) is 0 Å². The molecule has 45 heavy (non-hydrogen) atoms. The van der Waals surface area contributed by atoms with Crippen LogP contribution in [0.25, 0.3) is 0 Å². The molecule has 2 aromatic carbocycles. The number of piperazine rings is 1. The number of halogens is 3. The van der Waals surface area contributed by atoms with Gasteiger partial charge in [-0.1, -0.05) is 18.2 Å². The molecule has 12 nitrogen and oxygen atoms in total. The van der Waals surface area contributed by atoms with E-state index in [0.29, 0.717) is 11.1 Å². The SMILES string of the molecule is Cc1cc(C(=O)N2CCN(S(=O)(=O)O)CC2)ccc1CCS(=O)(=O)N1CCC2(CC1)N=C(c1cccc(C(F)(F)F)c1)NC2=O. The molecule has 2 amide bonds. The standard InChI is InChI=1S/C28H32F3N5O7S2/c1-19-17-22(25(37)34-12-14-36(15-13-34)45(41,42)43)6-5-20(19)7-16-44(39,40)35-10-8-27(9-11-35)26(38)32-24(33-27)21-3-2-4-23(18-21)28(29,30)31/h2-6,17-18H,7-16H2,1H3,(H,32,33,38)(H,41,42,43). The minimum absolute atomic E-state index is 0.0202. The minimum atomic E-state index is -4.55. The van der Waals surface area contributed by atoms with Gasteiger partial charge < -0.3 is 10.2 Å². The van der Waals surface area contributed by atoms with E-state index >= 15 is 0 Å². The Balaban J connectivity index is 1.18. The number of aliphatic imine (C=N–C) groups is 1. The number of nitrogens with zero attached hydrogens (tertiary/aromatic N) is 4. The number of rotatable bonds is 7. The first-order chi connectivity index (χ1) is 21.0. The Hall–Kier alpha value is -3.38. The third-order valence-electron chi connectivity index (χ3n) is 8.46. The van der Waals surface area contributed by atoms with E-state index in [4.69, 9.17) is 0 Å². The van der Waals surface area contributed by atoms with Gasteiger partial charge >= 0.3 is 16.5 Å². The molecule has 0 aliphatic carbocycles. The minimum Gasteiger partial charge on any atom is -0.336 e. The third kappa shape index (κ3) is 7.06. The Labute approximate surface area is 258 Å². The molecule has 2 N–H and O–H groups in total. The van der Waals surface area contributed by atoms with E-state index in [2.05, 4.69) is 10.3 Å². The fraction of sp³-hybridized carbons (Fsp3) is 0.464. The fourth-order valence-corrected chi connectivity index (χ4v) is 7.85. The van der Waals surface area contributed by atoms with Crippen molar-refractivity contribution in [2.75, 3.05) is 45.0 Å². The maximum Gasteiger partial charge on any atom is 0.416 e. The van der Waals surface area contributed by atoms with Crippen LogP contribution < -0.4 is 5.32 Å². The molecular formula is C28H32F3N5O7S2. The molecule has 3 heterocycles. The number of alkyl halides is 3. The molecule has 1 spiro atoms. The molecule has 0 radical (unpaired) electrons. The van der Waals surface area contributed by atoms with E-state index in [0.717, 1.165) is 22.0 Å². The van der Waals surface area contributed by atoms with Crippen LogP contribution in [0.3, 0.4) is 0 Å². The molecule has 0 aromatic heterocycles. The first-order valence-corrected chi connectivity index (χ1v) is 17.2. The molecule has 17 heteroatoms. The molecule has 0 bridgehead atoms. The number of aryl methyl sites for hydroxylation is 2. The number of benzene rings is 2. The molecular weight excluding hydrogens is 639 g/mol. The predicted octanol–water partition coefficient (Wildman–Crippen LogP) is 1.86. The summed E-state index contributed by atoms with van der Waals surface area (Å²) in [5.74, 6) is -0.960. The summed E-state index contributed by atoms with van der Waals surface area (Å²) in [6.07, 6.45) is -4.22. The summed E-state index contributed by atoms with van der Waals surface area (Å²) in [7, 11) is -8.05. The van der Waals surface area contributed by atoms with E-state index in [1.54, 1.807) is 25.1 Å². The van der Waals surface area contributed by atoms with Gasteiger partial charge in [0.15, 0.2) is 0 Å². The number of nitrogens with one attached hydrogen (secondary N) is 1. The molecule has 0 saturated carbocycles. The molecule has 2 fully saturated rings. The van der Waals surface area contributed by atoms with Crippen molar-refractivity contribution in [3.05, 3.63) is 70.3 Å². The number of amidine groups is 1. The maximum atomic E-state index is 13.2. The van der Waals surface area contributed by atoms with Gasteiger partial charge in [0.1, 0.15) is 11.4 Å². The van der Waals surface area contributed by atoms with Crippen molar-refractivity contribution in [2.45, 2.75) is 37.9 Å². The van der Waals surface area contributed by atoms with E-state index < -0.39 is 43.5 Å². The van der Waals surface area contributed by atoms with Gasteiger partial charge in [-0.2, -0.15) is 25.9 Å². The summed E-state index contributed by atoms with van der Waals surface area (Å²) in [6, 6.07) is 9.43. The van der Waals surface area contributed by atoms with Gasteiger partial charge in [-0.3, -0.25) is 19.1 Å². The van der Waals surface area contributed by atoms with Gasteiger partial charge in [0.05, 0.1) is 11.3 Å². The molecule has 3 aliphatic rings. The molecule has 0 atom stereocenters. The highest BCUT2D eigenvalue weighted by atomic mass is 32.2. The van der Waals surface area contributed by atoms with E-state index in [-0.39, 0.29) is 81.6 Å². The average Bonchev–Trinajstić information content (AvgIpc) is 3.30. The number of hydrogen-bond acceptors (Lipinski definition) is 7. The molecule has 3 aliphatic heterocycles. The van der Waals surface area contributed by atoms with Crippen molar-refractivity contribution in [3.63, 3.8) is 0 Å². The highest BCUT2D eigenvalue weighted by Gasteiger charge is 2.47. The van der Waals surface area contributed by atoms with Gasteiger partial charge in [-0.15, -0.1) is 0 Å². The quantitative estimate of drug-likeness (QED) is 0.426. The highest BCUT2D eigenvalue weighted by molar-refractivity contribution is 7.89. The number of piperidine rings is 1. The predicted molar refractivity (Wildman–Crippen MR) is 157 cm³/mol. The van der Waals surface area contributed by atoms with Crippen molar-refractivity contribution in [1.82, 2.24) is 18.8 Å². The van der Waals surface area contributed by atoms with Crippen LogP contribution in [0, 0.1) is 6.92 Å². The van der Waals surface area contributed by atoms with Crippen molar-refractivity contribution in [1.29, 1.82) is 0 Å². The molecule has 5 rings (SSSR count). The Kier molecular flexibility index (Phi) is 8.87. The van der Waals surface area contributed by atoms with Gasteiger partial charge in [0.2, 0.25) is 10.0 Å². The Morgan fingerprint density at radius 1 is 0.978 bits per heavy atom. The van der Waals surface area contributed by atoms with Crippen LogP contribution in [0.1, 0.15) is 45.5 Å². The lowest BCUT2D eigenvalue weighted by molar-refractivity contribution is -0.137. The summed E-state index contributed by atoms with van der Waals surface area (Å²) in [6.45, 7) is 2.00. The topological polar surface area (TPSA) is 157 Å². The van der Waals surface area contributed by atoms with Crippen LogP contribution in [0.4, 0.5) is 13.2 Å². The lowest BCUT2D eigenvalue weighted by Gasteiger charge is -2.34. The summed E-state index contributed by atoms with van der Waals surface area (Å²) >= 11 is 0. The van der Waals surface area contributed by atoms with Crippen molar-refractivity contribution in [2.24, 2.45) is 4.99 Å². The Morgan fingerprint density at radius 2 is 1.64 bits per heavy atom. The smallest absolute Gasteiger partial charge is 0.336 e. The third-order valence-corrected chi connectivity index (χ3v) is 11.3. The van der Waals surface area contributed by atoms with Crippen LogP contribution >= 0.6 is 0 Å². The number of hydrogen-bond donors (Lipinski definition) is 2. The van der Waals surface area contributed by atoms with Crippen LogP contribution in [0.15, 0.2) is 47.5 Å². The zero-order valence-corrected chi connectivity index (χ0v) is 25.9. The van der Waals surface area contributed by atoms with Gasteiger partial charge in [0.25, 0.3) is 11.8 Å². The zero-order valence-electron chi connectivity index (χ0n) is 24.2. The number of sulfonamides is 1. The van der Waals surface area contributed by atoms with Crippen molar-refractivity contribution < 1.29 is 44.1 Å². The zero-order chi connectivity index (χ0) is 32.8. The summed E-state index contributed by atoms with van der Waals surface area (Å²) in [5, 5.41) is 2.57. The first-order valence-electron chi connectivity index (χ1n) is 14.2. The first kappa shape index (κ1) is 33.0. The van der Waals surface area contributed by atoms with Gasteiger partial charge in [-0.25, -0.2) is 12.7 Å². The summed E-state index contributed by atoms with van der Waals surface area (Å²) < 4.78 is 99.9. The second-order valence-electron chi connectivity index (χ2n) is 11.3. The summed E-state index contributed by atoms with van der Waals surface area (Å²) in [4.78, 5) is 31.7. The van der Waals surface area contributed by atoms with Crippen molar-refractivity contribution >= 4 is 38.0 Å². The number of carbonyl (C=O) groups is 2. The normalized spacial score (nSPS) is 19.9. The molecule has 0 unspecified atom stereocenters. The fourth-order valence-electron chi connectivity index (χ4n) is 5.75. The Morgan fingerprint density at radius 3 is 2.24 bits per heavy atom.